The van der Waals surface area contributed by atoms with E-state index in [0.29, 0.717) is 5.38 Å². The maximum absolute atomic E-state index is 6.22. The highest BCUT2D eigenvalue weighted by Crippen LogP contribution is 2.37. The molecular weight excluding hydrogens is 194 g/mol. The zero-order valence-corrected chi connectivity index (χ0v) is 9.08. The van der Waals surface area contributed by atoms with Crippen LogP contribution < -0.4 is 0 Å². The number of hydrogen-bond donors (Lipinski definition) is 0. The Morgan fingerprint density at radius 3 is 2.93 bits per heavy atom. The summed E-state index contributed by atoms with van der Waals surface area (Å²) in [7, 11) is 0. The third-order valence-electron chi connectivity index (χ3n) is 2.77. The van der Waals surface area contributed by atoms with Crippen LogP contribution >= 0.6 is 11.6 Å². The van der Waals surface area contributed by atoms with Crippen molar-refractivity contribution in [3.05, 3.63) is 30.1 Å². The quantitative estimate of drug-likeness (QED) is 0.678. The van der Waals surface area contributed by atoms with Crippen LogP contribution in [0.3, 0.4) is 0 Å². The third kappa shape index (κ3) is 2.98. The van der Waals surface area contributed by atoms with E-state index in [9.17, 15) is 0 Å². The summed E-state index contributed by atoms with van der Waals surface area (Å²) in [5.41, 5.74) is 1.19. The lowest BCUT2D eigenvalue weighted by atomic mass is 10.1. The standard InChI is InChI=1S/C12H16ClN/c13-12(10-7-8-10)6-3-5-11-4-1-2-9-14-11/h1-2,4,9-10,12H,3,5-8H2. The topological polar surface area (TPSA) is 12.9 Å². The Kier molecular flexibility index (Phi) is 3.41. The van der Waals surface area contributed by atoms with Gasteiger partial charge in [-0.2, -0.15) is 0 Å². The van der Waals surface area contributed by atoms with Gasteiger partial charge in [0, 0.05) is 17.3 Å². The number of pyridine rings is 1. The number of alkyl halides is 1. The Morgan fingerprint density at radius 1 is 1.43 bits per heavy atom. The van der Waals surface area contributed by atoms with Gasteiger partial charge in [-0.3, -0.25) is 4.98 Å². The molecule has 1 unspecified atom stereocenters. The van der Waals surface area contributed by atoms with E-state index in [1.54, 1.807) is 0 Å². The van der Waals surface area contributed by atoms with Crippen LogP contribution in [0.25, 0.3) is 0 Å². The smallest absolute Gasteiger partial charge is 0.0403 e. The Balaban J connectivity index is 1.67. The van der Waals surface area contributed by atoms with Crippen molar-refractivity contribution >= 4 is 11.6 Å². The lowest BCUT2D eigenvalue weighted by Gasteiger charge is -2.06. The molecule has 0 spiro atoms. The molecule has 0 amide bonds. The molecule has 2 heteroatoms. The molecule has 0 aliphatic heterocycles. The molecule has 1 fully saturated rings. The van der Waals surface area contributed by atoms with Crippen molar-refractivity contribution in [3.8, 4) is 0 Å². The van der Waals surface area contributed by atoms with Gasteiger partial charge in [0.05, 0.1) is 0 Å². The highest BCUT2D eigenvalue weighted by molar-refractivity contribution is 6.20. The molecule has 1 aliphatic rings. The van der Waals surface area contributed by atoms with Gasteiger partial charge in [0.1, 0.15) is 0 Å². The SMILES string of the molecule is ClC(CCCc1ccccn1)C1CC1. The van der Waals surface area contributed by atoms with Gasteiger partial charge in [0.2, 0.25) is 0 Å². The lowest BCUT2D eigenvalue weighted by molar-refractivity contribution is 0.633. The van der Waals surface area contributed by atoms with E-state index in [4.69, 9.17) is 11.6 Å². The second-order valence-electron chi connectivity index (χ2n) is 4.07. The highest BCUT2D eigenvalue weighted by Gasteiger charge is 2.28. The maximum atomic E-state index is 6.22. The fourth-order valence-electron chi connectivity index (χ4n) is 1.72. The second kappa shape index (κ2) is 4.79. The van der Waals surface area contributed by atoms with E-state index in [2.05, 4.69) is 11.1 Å². The molecule has 0 N–H and O–H groups in total. The van der Waals surface area contributed by atoms with Crippen molar-refractivity contribution in [1.29, 1.82) is 0 Å². The van der Waals surface area contributed by atoms with Gasteiger partial charge in [-0.15, -0.1) is 11.6 Å². The van der Waals surface area contributed by atoms with Crippen molar-refractivity contribution in [2.24, 2.45) is 5.92 Å². The summed E-state index contributed by atoms with van der Waals surface area (Å²) < 4.78 is 0. The second-order valence-corrected chi connectivity index (χ2v) is 4.63. The average molecular weight is 210 g/mol. The Morgan fingerprint density at radius 2 is 2.29 bits per heavy atom. The van der Waals surface area contributed by atoms with Gasteiger partial charge in [0.25, 0.3) is 0 Å². The zero-order chi connectivity index (χ0) is 9.80. The maximum Gasteiger partial charge on any atom is 0.0403 e. The molecule has 0 bridgehead atoms. The van der Waals surface area contributed by atoms with Crippen molar-refractivity contribution in [3.63, 3.8) is 0 Å². The molecular formula is C12H16ClN. The van der Waals surface area contributed by atoms with Gasteiger partial charge in [0.15, 0.2) is 0 Å². The fraction of sp³-hybridized carbons (Fsp3) is 0.583. The summed E-state index contributed by atoms with van der Waals surface area (Å²) in [6, 6.07) is 6.08. The van der Waals surface area contributed by atoms with Crippen LogP contribution in [0.15, 0.2) is 24.4 Å². The first-order valence-electron chi connectivity index (χ1n) is 5.40. The summed E-state index contributed by atoms with van der Waals surface area (Å²) in [5.74, 6) is 0.820. The lowest BCUT2D eigenvalue weighted by Crippen LogP contribution is -2.02. The van der Waals surface area contributed by atoms with Crippen molar-refractivity contribution in [1.82, 2.24) is 4.98 Å². The van der Waals surface area contributed by atoms with Crippen molar-refractivity contribution in [2.75, 3.05) is 0 Å². The Labute approximate surface area is 90.5 Å². The molecule has 1 aromatic heterocycles. The first-order valence-corrected chi connectivity index (χ1v) is 5.84. The molecule has 1 aliphatic carbocycles. The molecule has 2 rings (SSSR count). The molecule has 0 aromatic carbocycles. The van der Waals surface area contributed by atoms with Crippen LogP contribution in [0.2, 0.25) is 0 Å². The third-order valence-corrected chi connectivity index (χ3v) is 3.35. The molecule has 76 valence electrons. The van der Waals surface area contributed by atoms with Gasteiger partial charge in [-0.25, -0.2) is 0 Å². The zero-order valence-electron chi connectivity index (χ0n) is 8.32. The number of nitrogens with zero attached hydrogens (tertiary/aromatic N) is 1. The predicted molar refractivity (Wildman–Crippen MR) is 59.5 cm³/mol. The minimum atomic E-state index is 0.415. The molecule has 1 aromatic rings. The van der Waals surface area contributed by atoms with Crippen LogP contribution in [-0.4, -0.2) is 10.4 Å². The minimum absolute atomic E-state index is 0.415. The van der Waals surface area contributed by atoms with Crippen molar-refractivity contribution < 1.29 is 0 Å². The van der Waals surface area contributed by atoms with Crippen LogP contribution in [0, 0.1) is 5.92 Å². The van der Waals surface area contributed by atoms with Crippen LogP contribution in [0.5, 0.6) is 0 Å². The number of halogens is 1. The molecule has 1 saturated carbocycles. The Hall–Kier alpha value is -0.560. The number of hydrogen-bond acceptors (Lipinski definition) is 1. The molecule has 1 heterocycles. The summed E-state index contributed by atoms with van der Waals surface area (Å²) in [4.78, 5) is 4.29. The first kappa shape index (κ1) is 9.97. The summed E-state index contributed by atoms with van der Waals surface area (Å²) in [6.45, 7) is 0. The highest BCUT2D eigenvalue weighted by atomic mass is 35.5. The van der Waals surface area contributed by atoms with E-state index in [-0.39, 0.29) is 0 Å². The van der Waals surface area contributed by atoms with Gasteiger partial charge >= 0.3 is 0 Å². The number of rotatable bonds is 5. The van der Waals surface area contributed by atoms with E-state index >= 15 is 0 Å². The number of aryl methyl sites for hydroxylation is 1. The summed E-state index contributed by atoms with van der Waals surface area (Å²) >= 11 is 6.22. The van der Waals surface area contributed by atoms with E-state index in [1.165, 1.54) is 25.0 Å². The predicted octanol–water partition coefficient (Wildman–Crippen LogP) is 3.42. The molecule has 14 heavy (non-hydrogen) atoms. The Bertz CT molecular complexity index is 269. The van der Waals surface area contributed by atoms with Gasteiger partial charge in [-0.1, -0.05) is 6.07 Å². The normalized spacial score (nSPS) is 18.1. The van der Waals surface area contributed by atoms with Crippen molar-refractivity contribution in [2.45, 2.75) is 37.5 Å². The van der Waals surface area contributed by atoms with Gasteiger partial charge in [-0.05, 0) is 50.2 Å². The largest absolute Gasteiger partial charge is 0.261 e. The summed E-state index contributed by atoms with van der Waals surface area (Å²) in [6.07, 6.45) is 7.92. The van der Waals surface area contributed by atoms with E-state index in [0.717, 1.165) is 18.8 Å². The van der Waals surface area contributed by atoms with Crippen LogP contribution in [-0.2, 0) is 6.42 Å². The monoisotopic (exact) mass is 209 g/mol. The molecule has 0 saturated heterocycles. The number of aromatic nitrogens is 1. The fourth-order valence-corrected chi connectivity index (χ4v) is 2.12. The summed E-state index contributed by atoms with van der Waals surface area (Å²) in [5, 5.41) is 0.415. The van der Waals surface area contributed by atoms with E-state index < -0.39 is 0 Å². The van der Waals surface area contributed by atoms with Gasteiger partial charge < -0.3 is 0 Å². The first-order chi connectivity index (χ1) is 6.86. The molecule has 1 nitrogen and oxygen atoms in total. The van der Waals surface area contributed by atoms with E-state index in [1.807, 2.05) is 18.3 Å². The molecule has 1 atom stereocenters. The van der Waals surface area contributed by atoms with Crippen LogP contribution in [0.4, 0.5) is 0 Å². The molecule has 0 radical (unpaired) electrons. The van der Waals surface area contributed by atoms with Crippen LogP contribution in [0.1, 0.15) is 31.4 Å². The average Bonchev–Trinajstić information content (AvgIpc) is 3.02. The minimum Gasteiger partial charge on any atom is -0.261 e.